The number of aromatic nitrogens is 3. The van der Waals surface area contributed by atoms with E-state index in [2.05, 4.69) is 22.3 Å². The molecule has 2 N–H and O–H groups in total. The van der Waals surface area contributed by atoms with E-state index in [1.54, 1.807) is 0 Å². The molecule has 1 aliphatic carbocycles. The van der Waals surface area contributed by atoms with Gasteiger partial charge in [0.25, 0.3) is 0 Å². The highest BCUT2D eigenvalue weighted by atomic mass is 15.2. The number of pyridine rings is 1. The van der Waals surface area contributed by atoms with Crippen LogP contribution < -0.4 is 5.73 Å². The van der Waals surface area contributed by atoms with Crippen molar-refractivity contribution in [3.05, 3.63) is 60.1 Å². The molecule has 90 valence electrons. The Labute approximate surface area is 105 Å². The third kappa shape index (κ3) is 1.76. The molecule has 2 heterocycles. The lowest BCUT2D eigenvalue weighted by Gasteiger charge is -2.03. The van der Waals surface area contributed by atoms with Crippen molar-refractivity contribution in [1.29, 1.82) is 0 Å². The van der Waals surface area contributed by atoms with Gasteiger partial charge in [-0.1, -0.05) is 36.4 Å². The number of hydrogen-bond acceptors (Lipinski definition) is 3. The molecule has 3 rings (SSSR count). The fourth-order valence-corrected chi connectivity index (χ4v) is 2.09. The maximum Gasteiger partial charge on any atom is 0.165 e. The van der Waals surface area contributed by atoms with Crippen LogP contribution in [-0.2, 0) is 6.54 Å². The highest BCUT2D eigenvalue weighted by molar-refractivity contribution is 5.66. The van der Waals surface area contributed by atoms with Crippen molar-refractivity contribution in [3.8, 4) is 0 Å². The fourth-order valence-electron chi connectivity index (χ4n) is 2.09. The Morgan fingerprint density at radius 2 is 2.17 bits per heavy atom. The summed E-state index contributed by atoms with van der Waals surface area (Å²) in [5.74, 6) is 0.886. The maximum absolute atomic E-state index is 5.71. The van der Waals surface area contributed by atoms with E-state index >= 15 is 0 Å². The molecule has 0 fully saturated rings. The van der Waals surface area contributed by atoms with Gasteiger partial charge in [-0.3, -0.25) is 4.40 Å². The van der Waals surface area contributed by atoms with E-state index in [9.17, 15) is 0 Å². The first kappa shape index (κ1) is 10.9. The first-order chi connectivity index (χ1) is 8.90. The molecule has 0 spiro atoms. The van der Waals surface area contributed by atoms with E-state index in [-0.39, 0.29) is 0 Å². The summed E-state index contributed by atoms with van der Waals surface area (Å²) in [5.41, 5.74) is 8.72. The Hall–Kier alpha value is -2.20. The van der Waals surface area contributed by atoms with Gasteiger partial charge in [-0.25, -0.2) is 0 Å². The number of fused-ring (bicyclic) bond motifs is 1. The van der Waals surface area contributed by atoms with Crippen molar-refractivity contribution in [3.63, 3.8) is 0 Å². The smallest absolute Gasteiger partial charge is 0.165 e. The van der Waals surface area contributed by atoms with Crippen LogP contribution in [0.4, 0.5) is 0 Å². The predicted molar refractivity (Wildman–Crippen MR) is 71.8 cm³/mol. The minimum Gasteiger partial charge on any atom is -0.326 e. The van der Waals surface area contributed by atoms with Crippen LogP contribution >= 0.6 is 0 Å². The van der Waals surface area contributed by atoms with Crippen molar-refractivity contribution >= 4 is 11.2 Å². The Balaban J connectivity index is 2.16. The van der Waals surface area contributed by atoms with E-state index < -0.39 is 0 Å². The summed E-state index contributed by atoms with van der Waals surface area (Å²) in [7, 11) is 0. The molecule has 0 radical (unpaired) electrons. The van der Waals surface area contributed by atoms with Crippen LogP contribution in [0.5, 0.6) is 0 Å². The average Bonchev–Trinajstić information content (AvgIpc) is 2.66. The van der Waals surface area contributed by atoms with Crippen molar-refractivity contribution < 1.29 is 0 Å². The summed E-state index contributed by atoms with van der Waals surface area (Å²) in [4.78, 5) is 0. The van der Waals surface area contributed by atoms with Crippen LogP contribution in [0.25, 0.3) is 11.2 Å². The molecule has 0 bridgehead atoms. The maximum atomic E-state index is 5.71. The summed E-state index contributed by atoms with van der Waals surface area (Å²) in [6, 6.07) is 3.96. The van der Waals surface area contributed by atoms with Crippen LogP contribution in [0.15, 0.2) is 48.7 Å². The highest BCUT2D eigenvalue weighted by Crippen LogP contribution is 2.20. The number of nitrogens with two attached hydrogens (primary N) is 1. The lowest BCUT2D eigenvalue weighted by atomic mass is 10.1. The van der Waals surface area contributed by atoms with Gasteiger partial charge in [0.1, 0.15) is 0 Å². The second-order valence-corrected chi connectivity index (χ2v) is 4.16. The molecule has 2 aromatic rings. The van der Waals surface area contributed by atoms with Gasteiger partial charge in [-0.2, -0.15) is 0 Å². The van der Waals surface area contributed by atoms with E-state index in [0.717, 1.165) is 29.0 Å². The van der Waals surface area contributed by atoms with E-state index in [0.29, 0.717) is 6.54 Å². The molecular formula is C14H14N4. The number of hydrogen-bond donors (Lipinski definition) is 1. The van der Waals surface area contributed by atoms with Gasteiger partial charge in [0.15, 0.2) is 11.5 Å². The molecule has 0 saturated carbocycles. The predicted octanol–water partition coefficient (Wildman–Crippen LogP) is 2.09. The summed E-state index contributed by atoms with van der Waals surface area (Å²) >= 11 is 0. The van der Waals surface area contributed by atoms with Crippen LogP contribution in [0, 0.1) is 0 Å². The molecule has 0 saturated heterocycles. The number of nitrogens with zero attached hydrogens (tertiary/aromatic N) is 3. The third-order valence-corrected chi connectivity index (χ3v) is 3.02. The van der Waals surface area contributed by atoms with E-state index in [4.69, 9.17) is 5.73 Å². The summed E-state index contributed by atoms with van der Waals surface area (Å²) in [6.07, 6.45) is 13.1. The summed E-state index contributed by atoms with van der Waals surface area (Å²) in [6.45, 7) is 0.474. The largest absolute Gasteiger partial charge is 0.326 e. The molecule has 18 heavy (non-hydrogen) atoms. The number of allylic oxidation sites excluding steroid dienone is 6. The van der Waals surface area contributed by atoms with Gasteiger partial charge < -0.3 is 5.73 Å². The lowest BCUT2D eigenvalue weighted by Crippen LogP contribution is -2.00. The second-order valence-electron chi connectivity index (χ2n) is 4.16. The van der Waals surface area contributed by atoms with E-state index in [1.807, 2.05) is 41.0 Å². The zero-order valence-electron chi connectivity index (χ0n) is 9.95. The third-order valence-electron chi connectivity index (χ3n) is 3.02. The minimum absolute atomic E-state index is 0.474. The minimum atomic E-state index is 0.474. The molecule has 0 aliphatic heterocycles. The van der Waals surface area contributed by atoms with Gasteiger partial charge in [0.05, 0.1) is 0 Å². The zero-order chi connectivity index (χ0) is 12.4. The SMILES string of the molecule is NCc1cccn2c(C3=CC=CC=CC3)nnc12. The Bertz CT molecular complexity index is 661. The monoisotopic (exact) mass is 238 g/mol. The van der Waals surface area contributed by atoms with Gasteiger partial charge in [0, 0.05) is 23.9 Å². The van der Waals surface area contributed by atoms with Crippen molar-refractivity contribution in [2.45, 2.75) is 13.0 Å². The average molecular weight is 238 g/mol. The molecule has 0 unspecified atom stereocenters. The molecule has 0 atom stereocenters. The van der Waals surface area contributed by atoms with Gasteiger partial charge in [-0.05, 0) is 12.5 Å². The molecule has 4 heteroatoms. The molecule has 4 nitrogen and oxygen atoms in total. The summed E-state index contributed by atoms with van der Waals surface area (Å²) < 4.78 is 2.00. The molecular weight excluding hydrogens is 224 g/mol. The normalized spacial score (nSPS) is 14.8. The molecule has 0 aromatic carbocycles. The molecule has 0 amide bonds. The zero-order valence-corrected chi connectivity index (χ0v) is 9.95. The molecule has 2 aromatic heterocycles. The lowest BCUT2D eigenvalue weighted by molar-refractivity contribution is 1.03. The highest BCUT2D eigenvalue weighted by Gasteiger charge is 2.11. The van der Waals surface area contributed by atoms with E-state index in [1.165, 1.54) is 0 Å². The van der Waals surface area contributed by atoms with Crippen LogP contribution in [0.2, 0.25) is 0 Å². The Morgan fingerprint density at radius 3 is 3.06 bits per heavy atom. The molecule has 1 aliphatic rings. The van der Waals surface area contributed by atoms with Crippen molar-refractivity contribution in [2.24, 2.45) is 5.73 Å². The van der Waals surface area contributed by atoms with Crippen LogP contribution in [-0.4, -0.2) is 14.6 Å². The Kier molecular flexibility index (Phi) is 2.78. The van der Waals surface area contributed by atoms with Crippen molar-refractivity contribution in [2.75, 3.05) is 0 Å². The van der Waals surface area contributed by atoms with Gasteiger partial charge in [-0.15, -0.1) is 10.2 Å². The first-order valence-electron chi connectivity index (χ1n) is 5.95. The quantitative estimate of drug-likeness (QED) is 0.871. The standard InChI is InChI=1S/C14H14N4/c15-10-12-8-5-9-18-13(16-17-14(12)18)11-6-3-1-2-4-7-11/h1-6,8-9H,7,10,15H2. The van der Waals surface area contributed by atoms with Gasteiger partial charge in [0.2, 0.25) is 0 Å². The number of rotatable bonds is 2. The fraction of sp³-hybridized carbons (Fsp3) is 0.143. The topological polar surface area (TPSA) is 56.2 Å². The van der Waals surface area contributed by atoms with Crippen LogP contribution in [0.3, 0.4) is 0 Å². The van der Waals surface area contributed by atoms with Gasteiger partial charge >= 0.3 is 0 Å². The van der Waals surface area contributed by atoms with Crippen LogP contribution in [0.1, 0.15) is 17.8 Å². The first-order valence-corrected chi connectivity index (χ1v) is 5.95. The summed E-state index contributed by atoms with van der Waals surface area (Å²) in [5, 5.41) is 8.53. The Morgan fingerprint density at radius 1 is 1.22 bits per heavy atom. The van der Waals surface area contributed by atoms with Crippen molar-refractivity contribution in [1.82, 2.24) is 14.6 Å². The second kappa shape index (κ2) is 4.58.